The van der Waals surface area contributed by atoms with Crippen LogP contribution in [0.25, 0.3) is 0 Å². The van der Waals surface area contributed by atoms with Crippen molar-refractivity contribution in [3.05, 3.63) is 23.9 Å². The summed E-state index contributed by atoms with van der Waals surface area (Å²) in [7, 11) is 0. The topological polar surface area (TPSA) is 96.5 Å². The van der Waals surface area contributed by atoms with Crippen LogP contribution in [-0.2, 0) is 4.79 Å². The Hall–Kier alpha value is -2.11. The number of pyridine rings is 1. The van der Waals surface area contributed by atoms with Gasteiger partial charge in [-0.1, -0.05) is 6.07 Å². The summed E-state index contributed by atoms with van der Waals surface area (Å²) in [5.41, 5.74) is 5.27. The molecule has 1 aliphatic heterocycles. The van der Waals surface area contributed by atoms with E-state index in [1.54, 1.807) is 17.0 Å². The number of aromatic nitrogens is 1. The molecule has 0 aliphatic carbocycles. The van der Waals surface area contributed by atoms with Gasteiger partial charge in [0.2, 0.25) is 5.91 Å². The van der Waals surface area contributed by atoms with Crippen molar-refractivity contribution in [3.63, 3.8) is 0 Å². The number of nitrogens with zero attached hydrogens (tertiary/aromatic N) is 2. The maximum atomic E-state index is 11.2. The van der Waals surface area contributed by atoms with E-state index >= 15 is 0 Å². The molecular formula is C11H13N3O3. The van der Waals surface area contributed by atoms with Gasteiger partial charge in [-0.2, -0.15) is 0 Å². The molecule has 2 rings (SSSR count). The molecule has 0 saturated carbocycles. The van der Waals surface area contributed by atoms with Gasteiger partial charge in [0.15, 0.2) is 5.69 Å². The third-order valence-corrected chi connectivity index (χ3v) is 2.83. The number of amides is 1. The number of rotatable bonds is 3. The summed E-state index contributed by atoms with van der Waals surface area (Å²) in [6.45, 7) is 0.670. The van der Waals surface area contributed by atoms with Crippen LogP contribution in [-0.4, -0.2) is 34.6 Å². The molecule has 1 aromatic rings. The van der Waals surface area contributed by atoms with Gasteiger partial charge < -0.3 is 15.7 Å². The SMILES string of the molecule is NC(=O)C1CCCN1c1cccc(C(=O)O)n1. The lowest BCUT2D eigenvalue weighted by molar-refractivity contribution is -0.119. The Bertz CT molecular complexity index is 461. The molecule has 1 aliphatic rings. The van der Waals surface area contributed by atoms with E-state index in [-0.39, 0.29) is 11.7 Å². The number of carbonyl (C=O) groups is 2. The van der Waals surface area contributed by atoms with Crippen LogP contribution in [0.4, 0.5) is 5.82 Å². The predicted molar refractivity (Wildman–Crippen MR) is 60.8 cm³/mol. The minimum Gasteiger partial charge on any atom is -0.477 e. The Labute approximate surface area is 98.1 Å². The van der Waals surface area contributed by atoms with Crippen molar-refractivity contribution in [1.29, 1.82) is 0 Å². The summed E-state index contributed by atoms with van der Waals surface area (Å²) in [4.78, 5) is 27.8. The van der Waals surface area contributed by atoms with E-state index < -0.39 is 11.9 Å². The van der Waals surface area contributed by atoms with Crippen LogP contribution in [0, 0.1) is 0 Å². The molecular weight excluding hydrogens is 222 g/mol. The molecule has 2 heterocycles. The molecule has 1 amide bonds. The van der Waals surface area contributed by atoms with Crippen LogP contribution in [0.5, 0.6) is 0 Å². The number of carboxylic acid groups (broad SMARTS) is 1. The van der Waals surface area contributed by atoms with Crippen molar-refractivity contribution in [3.8, 4) is 0 Å². The Balaban J connectivity index is 2.30. The van der Waals surface area contributed by atoms with Crippen LogP contribution in [0.1, 0.15) is 23.3 Å². The molecule has 0 aromatic carbocycles. The number of nitrogens with two attached hydrogens (primary N) is 1. The van der Waals surface area contributed by atoms with Crippen LogP contribution < -0.4 is 10.6 Å². The lowest BCUT2D eigenvalue weighted by Gasteiger charge is -2.23. The van der Waals surface area contributed by atoms with Gasteiger partial charge in [-0.25, -0.2) is 9.78 Å². The molecule has 1 aromatic heterocycles. The smallest absolute Gasteiger partial charge is 0.354 e. The third-order valence-electron chi connectivity index (χ3n) is 2.83. The molecule has 6 heteroatoms. The normalized spacial score (nSPS) is 19.3. The van der Waals surface area contributed by atoms with E-state index in [0.29, 0.717) is 18.8 Å². The molecule has 1 atom stereocenters. The summed E-state index contributed by atoms with van der Waals surface area (Å²) in [5.74, 6) is -0.988. The largest absolute Gasteiger partial charge is 0.477 e. The average Bonchev–Trinajstić information content (AvgIpc) is 2.78. The van der Waals surface area contributed by atoms with Crippen molar-refractivity contribution < 1.29 is 14.7 Å². The minimum absolute atomic E-state index is 0.0300. The molecule has 1 unspecified atom stereocenters. The molecule has 0 radical (unpaired) electrons. The Morgan fingerprint density at radius 3 is 2.88 bits per heavy atom. The number of primary amides is 1. The first-order chi connectivity index (χ1) is 8.09. The van der Waals surface area contributed by atoms with Gasteiger partial charge in [0.25, 0.3) is 0 Å². The van der Waals surface area contributed by atoms with Gasteiger partial charge in [-0.05, 0) is 25.0 Å². The fraction of sp³-hybridized carbons (Fsp3) is 0.364. The standard InChI is InChI=1S/C11H13N3O3/c12-10(15)8-4-2-6-14(8)9-5-1-3-7(13-9)11(16)17/h1,3,5,8H,2,4,6H2,(H2,12,15)(H,16,17). The second kappa shape index (κ2) is 4.40. The minimum atomic E-state index is -1.08. The van der Waals surface area contributed by atoms with E-state index in [9.17, 15) is 9.59 Å². The number of aromatic carboxylic acids is 1. The van der Waals surface area contributed by atoms with Gasteiger partial charge in [-0.15, -0.1) is 0 Å². The van der Waals surface area contributed by atoms with Crippen LogP contribution in [0.15, 0.2) is 18.2 Å². The van der Waals surface area contributed by atoms with E-state index in [4.69, 9.17) is 10.8 Å². The second-order valence-corrected chi connectivity index (χ2v) is 3.94. The highest BCUT2D eigenvalue weighted by atomic mass is 16.4. The van der Waals surface area contributed by atoms with Crippen molar-refractivity contribution >= 4 is 17.7 Å². The Morgan fingerprint density at radius 2 is 2.24 bits per heavy atom. The fourth-order valence-electron chi connectivity index (χ4n) is 2.04. The Kier molecular flexibility index (Phi) is 2.95. The number of hydrogen-bond acceptors (Lipinski definition) is 4. The van der Waals surface area contributed by atoms with Crippen LogP contribution >= 0.6 is 0 Å². The Morgan fingerprint density at radius 1 is 1.47 bits per heavy atom. The molecule has 0 spiro atoms. The van der Waals surface area contributed by atoms with Gasteiger partial charge in [-0.3, -0.25) is 4.79 Å². The predicted octanol–water partition coefficient (Wildman–Crippen LogP) is 0.234. The quantitative estimate of drug-likeness (QED) is 0.781. The molecule has 1 saturated heterocycles. The molecule has 90 valence electrons. The van der Waals surface area contributed by atoms with E-state index in [1.165, 1.54) is 6.07 Å². The number of carbonyl (C=O) groups excluding carboxylic acids is 1. The zero-order chi connectivity index (χ0) is 12.4. The van der Waals surface area contributed by atoms with Gasteiger partial charge in [0, 0.05) is 6.54 Å². The zero-order valence-electron chi connectivity index (χ0n) is 9.17. The van der Waals surface area contributed by atoms with Crippen molar-refractivity contribution in [2.24, 2.45) is 5.73 Å². The van der Waals surface area contributed by atoms with Crippen LogP contribution in [0.3, 0.4) is 0 Å². The lowest BCUT2D eigenvalue weighted by atomic mass is 10.2. The molecule has 0 bridgehead atoms. The molecule has 1 fully saturated rings. The van der Waals surface area contributed by atoms with Crippen molar-refractivity contribution in [1.82, 2.24) is 4.98 Å². The van der Waals surface area contributed by atoms with Gasteiger partial charge in [0.1, 0.15) is 11.9 Å². The highest BCUT2D eigenvalue weighted by Gasteiger charge is 2.30. The van der Waals surface area contributed by atoms with Gasteiger partial charge in [0.05, 0.1) is 0 Å². The summed E-state index contributed by atoms with van der Waals surface area (Å²) in [6.07, 6.45) is 1.54. The highest BCUT2D eigenvalue weighted by molar-refractivity contribution is 5.87. The molecule has 6 nitrogen and oxygen atoms in total. The summed E-state index contributed by atoms with van der Waals surface area (Å²) in [6, 6.07) is 4.34. The van der Waals surface area contributed by atoms with Crippen LogP contribution in [0.2, 0.25) is 0 Å². The monoisotopic (exact) mass is 235 g/mol. The van der Waals surface area contributed by atoms with Crippen molar-refractivity contribution in [2.75, 3.05) is 11.4 Å². The van der Waals surface area contributed by atoms with Gasteiger partial charge >= 0.3 is 5.97 Å². The van der Waals surface area contributed by atoms with E-state index in [2.05, 4.69) is 4.98 Å². The average molecular weight is 235 g/mol. The first-order valence-corrected chi connectivity index (χ1v) is 5.36. The maximum Gasteiger partial charge on any atom is 0.354 e. The number of hydrogen-bond donors (Lipinski definition) is 2. The zero-order valence-corrected chi connectivity index (χ0v) is 9.17. The highest BCUT2D eigenvalue weighted by Crippen LogP contribution is 2.23. The molecule has 17 heavy (non-hydrogen) atoms. The lowest BCUT2D eigenvalue weighted by Crippen LogP contribution is -2.40. The third kappa shape index (κ3) is 2.20. The first-order valence-electron chi connectivity index (χ1n) is 5.36. The van der Waals surface area contributed by atoms with Crippen molar-refractivity contribution in [2.45, 2.75) is 18.9 Å². The van der Waals surface area contributed by atoms with E-state index in [1.807, 2.05) is 0 Å². The second-order valence-electron chi connectivity index (χ2n) is 3.94. The maximum absolute atomic E-state index is 11.2. The summed E-state index contributed by atoms with van der Waals surface area (Å²) < 4.78 is 0. The fourth-order valence-corrected chi connectivity index (χ4v) is 2.04. The van der Waals surface area contributed by atoms with E-state index in [0.717, 1.165) is 6.42 Å². The molecule has 3 N–H and O–H groups in total. The summed E-state index contributed by atoms with van der Waals surface area (Å²) >= 11 is 0. The summed E-state index contributed by atoms with van der Waals surface area (Å²) in [5, 5.41) is 8.85. The number of anilines is 1. The first kappa shape index (κ1) is 11.4. The number of carboxylic acids is 1.